The number of fused-ring (bicyclic) bond motifs is 1. The van der Waals surface area contributed by atoms with Gasteiger partial charge in [0.15, 0.2) is 5.65 Å². The summed E-state index contributed by atoms with van der Waals surface area (Å²) in [4.78, 5) is 19.6. The lowest BCUT2D eigenvalue weighted by molar-refractivity contribution is 0.810. The van der Waals surface area contributed by atoms with Gasteiger partial charge in [0.05, 0.1) is 6.54 Å². The van der Waals surface area contributed by atoms with Crippen LogP contribution in [-0.2, 0) is 13.6 Å². The normalized spacial score (nSPS) is 10.9. The molecular weight excluding hydrogens is 234 g/mol. The van der Waals surface area contributed by atoms with Crippen molar-refractivity contribution in [2.45, 2.75) is 6.54 Å². The van der Waals surface area contributed by atoms with Crippen LogP contribution in [0.3, 0.4) is 0 Å². The number of hydrogen-bond donors (Lipinski definition) is 2. The second-order valence-corrected chi connectivity index (χ2v) is 3.84. The molecule has 3 heterocycles. The fourth-order valence-electron chi connectivity index (χ4n) is 1.64. The Morgan fingerprint density at radius 3 is 3.11 bits per heavy atom. The Balaban J connectivity index is 1.83. The summed E-state index contributed by atoms with van der Waals surface area (Å²) in [5.74, 6) is 1.54. The SMILES string of the molecule is Cn1ccnc1CNc1cc2n[nH]c(=O)n2cn1. The van der Waals surface area contributed by atoms with Crippen LogP contribution in [0.25, 0.3) is 5.65 Å². The van der Waals surface area contributed by atoms with E-state index in [2.05, 4.69) is 25.5 Å². The molecule has 3 aromatic rings. The number of aromatic nitrogens is 6. The van der Waals surface area contributed by atoms with E-state index >= 15 is 0 Å². The average molecular weight is 245 g/mol. The number of rotatable bonds is 3. The van der Waals surface area contributed by atoms with Crippen LogP contribution in [0.15, 0.2) is 29.6 Å². The number of aromatic amines is 1. The molecule has 0 atom stereocenters. The molecule has 0 aliphatic rings. The highest BCUT2D eigenvalue weighted by molar-refractivity contribution is 5.48. The van der Waals surface area contributed by atoms with Gasteiger partial charge in [0.1, 0.15) is 18.0 Å². The Kier molecular flexibility index (Phi) is 2.33. The van der Waals surface area contributed by atoms with Gasteiger partial charge in [-0.15, -0.1) is 0 Å². The minimum Gasteiger partial charge on any atom is -0.363 e. The predicted molar refractivity (Wildman–Crippen MR) is 64.1 cm³/mol. The molecule has 0 bridgehead atoms. The molecule has 0 aliphatic heterocycles. The minimum atomic E-state index is -0.298. The molecular formula is C10H11N7O. The highest BCUT2D eigenvalue weighted by Gasteiger charge is 2.03. The van der Waals surface area contributed by atoms with Crippen LogP contribution >= 0.6 is 0 Å². The lowest BCUT2D eigenvalue weighted by Gasteiger charge is -2.05. The third-order valence-corrected chi connectivity index (χ3v) is 2.66. The summed E-state index contributed by atoms with van der Waals surface area (Å²) in [6.45, 7) is 0.557. The first kappa shape index (κ1) is 10.5. The van der Waals surface area contributed by atoms with Crippen molar-refractivity contribution >= 4 is 11.5 Å². The van der Waals surface area contributed by atoms with Crippen LogP contribution in [0.1, 0.15) is 5.82 Å². The zero-order chi connectivity index (χ0) is 12.5. The maximum atomic E-state index is 11.3. The number of nitrogens with zero attached hydrogens (tertiary/aromatic N) is 5. The Morgan fingerprint density at radius 1 is 1.44 bits per heavy atom. The van der Waals surface area contributed by atoms with Crippen LogP contribution in [0.5, 0.6) is 0 Å². The van der Waals surface area contributed by atoms with E-state index in [1.165, 1.54) is 10.7 Å². The molecule has 0 spiro atoms. The topological polar surface area (TPSA) is 92.9 Å². The van der Waals surface area contributed by atoms with Crippen LogP contribution in [0, 0.1) is 0 Å². The van der Waals surface area contributed by atoms with Crippen LogP contribution in [0.2, 0.25) is 0 Å². The number of anilines is 1. The molecule has 0 aromatic carbocycles. The van der Waals surface area contributed by atoms with Gasteiger partial charge in [-0.2, -0.15) is 5.10 Å². The first-order chi connectivity index (χ1) is 8.74. The van der Waals surface area contributed by atoms with E-state index in [1.54, 1.807) is 12.3 Å². The smallest absolute Gasteiger partial charge is 0.348 e. The maximum absolute atomic E-state index is 11.3. The maximum Gasteiger partial charge on any atom is 0.348 e. The van der Waals surface area contributed by atoms with E-state index in [0.29, 0.717) is 18.0 Å². The lowest BCUT2D eigenvalue weighted by atomic mass is 10.5. The van der Waals surface area contributed by atoms with E-state index in [1.807, 2.05) is 17.8 Å². The van der Waals surface area contributed by atoms with Crippen molar-refractivity contribution in [3.63, 3.8) is 0 Å². The average Bonchev–Trinajstić information content (AvgIpc) is 2.94. The molecule has 92 valence electrons. The van der Waals surface area contributed by atoms with E-state index < -0.39 is 0 Å². The molecule has 0 saturated carbocycles. The summed E-state index contributed by atoms with van der Waals surface area (Å²) in [6.07, 6.45) is 5.05. The van der Waals surface area contributed by atoms with Crippen molar-refractivity contribution in [1.29, 1.82) is 0 Å². The molecule has 8 heteroatoms. The molecule has 2 N–H and O–H groups in total. The fraction of sp³-hybridized carbons (Fsp3) is 0.200. The van der Waals surface area contributed by atoms with Crippen LogP contribution in [0.4, 0.5) is 5.82 Å². The quantitative estimate of drug-likeness (QED) is 0.664. The highest BCUT2D eigenvalue weighted by atomic mass is 16.1. The minimum absolute atomic E-state index is 0.298. The summed E-state index contributed by atoms with van der Waals surface area (Å²) >= 11 is 0. The third-order valence-electron chi connectivity index (χ3n) is 2.66. The van der Waals surface area contributed by atoms with Crippen LogP contribution in [-0.4, -0.2) is 29.1 Å². The Bertz CT molecular complexity index is 738. The molecule has 3 rings (SSSR count). The van der Waals surface area contributed by atoms with Crippen molar-refractivity contribution in [2.75, 3.05) is 5.32 Å². The molecule has 0 aliphatic carbocycles. The fourth-order valence-corrected chi connectivity index (χ4v) is 1.64. The zero-order valence-electron chi connectivity index (χ0n) is 9.66. The summed E-state index contributed by atoms with van der Waals surface area (Å²) in [6, 6.07) is 1.70. The Hall–Kier alpha value is -2.64. The van der Waals surface area contributed by atoms with Gasteiger partial charge in [0.25, 0.3) is 0 Å². The van der Waals surface area contributed by atoms with Crippen molar-refractivity contribution in [2.24, 2.45) is 7.05 Å². The molecule has 0 saturated heterocycles. The first-order valence-electron chi connectivity index (χ1n) is 5.37. The summed E-state index contributed by atoms with van der Waals surface area (Å²) in [7, 11) is 1.92. The van der Waals surface area contributed by atoms with Crippen molar-refractivity contribution in [1.82, 2.24) is 29.1 Å². The molecule has 0 unspecified atom stereocenters. The largest absolute Gasteiger partial charge is 0.363 e. The number of hydrogen-bond acceptors (Lipinski definition) is 5. The first-order valence-corrected chi connectivity index (χ1v) is 5.37. The Morgan fingerprint density at radius 2 is 2.33 bits per heavy atom. The van der Waals surface area contributed by atoms with Gasteiger partial charge in [-0.05, 0) is 0 Å². The van der Waals surface area contributed by atoms with Crippen molar-refractivity contribution in [3.8, 4) is 0 Å². The molecule has 8 nitrogen and oxygen atoms in total. The summed E-state index contributed by atoms with van der Waals surface area (Å²) in [5.41, 5.74) is 0.227. The zero-order valence-corrected chi connectivity index (χ0v) is 9.66. The van der Waals surface area contributed by atoms with Crippen molar-refractivity contribution < 1.29 is 0 Å². The standard InChI is InChI=1S/C10H11N7O/c1-16-3-2-11-9(16)5-12-7-4-8-14-15-10(18)17(8)6-13-7/h2-4,6,12H,5H2,1H3,(H,15,18). The molecule has 3 aromatic heterocycles. The highest BCUT2D eigenvalue weighted by Crippen LogP contribution is 2.06. The molecule has 18 heavy (non-hydrogen) atoms. The Labute approximate surface area is 101 Å². The second-order valence-electron chi connectivity index (χ2n) is 3.84. The van der Waals surface area contributed by atoms with E-state index in [9.17, 15) is 4.79 Å². The van der Waals surface area contributed by atoms with E-state index in [0.717, 1.165) is 5.82 Å². The molecule has 0 amide bonds. The van der Waals surface area contributed by atoms with E-state index in [-0.39, 0.29) is 5.69 Å². The van der Waals surface area contributed by atoms with Gasteiger partial charge in [-0.25, -0.2) is 24.3 Å². The van der Waals surface area contributed by atoms with Crippen LogP contribution < -0.4 is 11.0 Å². The van der Waals surface area contributed by atoms with Gasteiger partial charge < -0.3 is 9.88 Å². The third kappa shape index (κ3) is 1.73. The van der Waals surface area contributed by atoms with Gasteiger partial charge in [0, 0.05) is 25.5 Å². The summed E-state index contributed by atoms with van der Waals surface area (Å²) in [5, 5.41) is 9.35. The number of nitrogens with one attached hydrogen (secondary N) is 2. The molecule has 0 radical (unpaired) electrons. The van der Waals surface area contributed by atoms with Crippen molar-refractivity contribution in [3.05, 3.63) is 41.1 Å². The van der Waals surface area contributed by atoms with Gasteiger partial charge in [-0.3, -0.25) is 0 Å². The lowest BCUT2D eigenvalue weighted by Crippen LogP contribution is -2.11. The monoisotopic (exact) mass is 245 g/mol. The summed E-state index contributed by atoms with van der Waals surface area (Å²) < 4.78 is 3.26. The van der Waals surface area contributed by atoms with Gasteiger partial charge in [-0.1, -0.05) is 0 Å². The number of imidazole rings is 1. The second kappa shape index (κ2) is 3.99. The predicted octanol–water partition coefficient (Wildman–Crippen LogP) is -0.237. The number of aryl methyl sites for hydroxylation is 1. The van der Waals surface area contributed by atoms with E-state index in [4.69, 9.17) is 0 Å². The van der Waals surface area contributed by atoms with Gasteiger partial charge in [0.2, 0.25) is 0 Å². The van der Waals surface area contributed by atoms with Gasteiger partial charge >= 0.3 is 5.69 Å². The number of H-pyrrole nitrogens is 1. The molecule has 0 fully saturated rings.